The van der Waals surface area contributed by atoms with E-state index in [9.17, 15) is 4.79 Å². The van der Waals surface area contributed by atoms with Gasteiger partial charge in [0.2, 0.25) is 0 Å². The first-order valence-corrected chi connectivity index (χ1v) is 4.92. The van der Waals surface area contributed by atoms with E-state index in [1.54, 1.807) is 20.8 Å². The Morgan fingerprint density at radius 3 is 2.21 bits per heavy atom. The van der Waals surface area contributed by atoms with Gasteiger partial charge in [0.15, 0.2) is 0 Å². The standard InChI is InChI=1S/C8H14O2.C3H8O/c1-4-5-6-10-8(9)7(2)3;1-3(2)4/h2,4-6H2,1,3H3;3-4H,1-2H3. The summed E-state index contributed by atoms with van der Waals surface area (Å²) in [6.07, 6.45) is 1.81. The van der Waals surface area contributed by atoms with Crippen molar-refractivity contribution >= 4 is 5.97 Å². The first-order valence-electron chi connectivity index (χ1n) is 4.92. The molecule has 0 bridgehead atoms. The molecular weight excluding hydrogens is 180 g/mol. The van der Waals surface area contributed by atoms with Crippen molar-refractivity contribution in [1.29, 1.82) is 0 Å². The minimum absolute atomic E-state index is 0.167. The van der Waals surface area contributed by atoms with Gasteiger partial charge in [-0.25, -0.2) is 4.79 Å². The number of hydrogen-bond donors (Lipinski definition) is 1. The minimum Gasteiger partial charge on any atom is -0.462 e. The van der Waals surface area contributed by atoms with Gasteiger partial charge in [-0.2, -0.15) is 0 Å². The largest absolute Gasteiger partial charge is 0.462 e. The van der Waals surface area contributed by atoms with Crippen LogP contribution in [0.25, 0.3) is 0 Å². The summed E-state index contributed by atoms with van der Waals surface area (Å²) in [5, 5.41) is 8.06. The highest BCUT2D eigenvalue weighted by Gasteiger charge is 2.00. The van der Waals surface area contributed by atoms with Gasteiger partial charge in [-0.3, -0.25) is 0 Å². The summed E-state index contributed by atoms with van der Waals surface area (Å²) in [5.41, 5.74) is 0.469. The Hall–Kier alpha value is -0.830. The van der Waals surface area contributed by atoms with Gasteiger partial charge in [0.1, 0.15) is 0 Å². The van der Waals surface area contributed by atoms with E-state index in [2.05, 4.69) is 13.5 Å². The number of aliphatic hydroxyl groups excluding tert-OH is 1. The topological polar surface area (TPSA) is 46.5 Å². The molecular formula is C11H22O3. The van der Waals surface area contributed by atoms with Crippen LogP contribution in [-0.2, 0) is 9.53 Å². The number of ether oxygens (including phenoxy) is 1. The zero-order chi connectivity index (χ0) is 11.6. The van der Waals surface area contributed by atoms with E-state index < -0.39 is 0 Å². The van der Waals surface area contributed by atoms with Gasteiger partial charge in [-0.1, -0.05) is 19.9 Å². The van der Waals surface area contributed by atoms with Crippen LogP contribution >= 0.6 is 0 Å². The van der Waals surface area contributed by atoms with Crippen molar-refractivity contribution in [2.24, 2.45) is 0 Å². The molecule has 0 aliphatic rings. The molecule has 0 fully saturated rings. The Bertz CT molecular complexity index is 159. The summed E-state index contributed by atoms with van der Waals surface area (Å²) in [7, 11) is 0. The number of unbranched alkanes of at least 4 members (excludes halogenated alkanes) is 1. The zero-order valence-corrected chi connectivity index (χ0v) is 9.67. The van der Waals surface area contributed by atoms with Crippen molar-refractivity contribution in [2.75, 3.05) is 6.61 Å². The molecule has 0 spiro atoms. The molecule has 3 nitrogen and oxygen atoms in total. The van der Waals surface area contributed by atoms with Gasteiger partial charge in [0, 0.05) is 11.7 Å². The predicted molar refractivity (Wildman–Crippen MR) is 58.0 cm³/mol. The Labute approximate surface area is 86.8 Å². The average Bonchev–Trinajstić information content (AvgIpc) is 2.03. The van der Waals surface area contributed by atoms with Gasteiger partial charge in [-0.15, -0.1) is 0 Å². The van der Waals surface area contributed by atoms with Crippen LogP contribution in [-0.4, -0.2) is 23.8 Å². The molecule has 0 amide bonds. The molecule has 0 saturated carbocycles. The first kappa shape index (κ1) is 15.6. The molecule has 0 aromatic carbocycles. The van der Waals surface area contributed by atoms with Gasteiger partial charge < -0.3 is 9.84 Å². The van der Waals surface area contributed by atoms with E-state index in [1.165, 1.54) is 0 Å². The summed E-state index contributed by atoms with van der Waals surface area (Å²) in [6, 6.07) is 0. The Morgan fingerprint density at radius 1 is 1.50 bits per heavy atom. The molecule has 0 heterocycles. The zero-order valence-electron chi connectivity index (χ0n) is 9.67. The fourth-order valence-electron chi connectivity index (χ4n) is 0.432. The maximum Gasteiger partial charge on any atom is 0.333 e. The number of hydrogen-bond acceptors (Lipinski definition) is 3. The van der Waals surface area contributed by atoms with E-state index in [0.29, 0.717) is 12.2 Å². The summed E-state index contributed by atoms with van der Waals surface area (Å²) in [4.78, 5) is 10.7. The van der Waals surface area contributed by atoms with Gasteiger partial charge in [-0.05, 0) is 27.2 Å². The lowest BCUT2D eigenvalue weighted by molar-refractivity contribution is -0.139. The van der Waals surface area contributed by atoms with Crippen molar-refractivity contribution in [3.63, 3.8) is 0 Å². The monoisotopic (exact) mass is 202 g/mol. The molecule has 1 N–H and O–H groups in total. The normalized spacial score (nSPS) is 9.00. The SMILES string of the molecule is C=C(C)C(=O)OCCCC.CC(C)O. The van der Waals surface area contributed by atoms with Gasteiger partial charge in [0.25, 0.3) is 0 Å². The fourth-order valence-corrected chi connectivity index (χ4v) is 0.432. The summed E-state index contributed by atoms with van der Waals surface area (Å²) in [6.45, 7) is 11.1. The van der Waals surface area contributed by atoms with Crippen molar-refractivity contribution in [1.82, 2.24) is 0 Å². The number of esters is 1. The maximum absolute atomic E-state index is 10.7. The van der Waals surface area contributed by atoms with Crippen molar-refractivity contribution in [3.8, 4) is 0 Å². The molecule has 0 unspecified atom stereocenters. The third-order valence-electron chi connectivity index (χ3n) is 1.08. The van der Waals surface area contributed by atoms with E-state index in [4.69, 9.17) is 9.84 Å². The van der Waals surface area contributed by atoms with Gasteiger partial charge >= 0.3 is 5.97 Å². The van der Waals surface area contributed by atoms with Crippen molar-refractivity contribution in [2.45, 2.75) is 46.6 Å². The lowest BCUT2D eigenvalue weighted by Crippen LogP contribution is -2.05. The molecule has 0 atom stereocenters. The van der Waals surface area contributed by atoms with E-state index >= 15 is 0 Å². The molecule has 0 aliphatic carbocycles. The summed E-state index contributed by atoms with van der Waals surface area (Å²) in [5.74, 6) is -0.284. The second-order valence-corrected chi connectivity index (χ2v) is 3.36. The van der Waals surface area contributed by atoms with Crippen LogP contribution in [0.1, 0.15) is 40.5 Å². The highest BCUT2D eigenvalue weighted by molar-refractivity contribution is 5.86. The van der Waals surface area contributed by atoms with Crippen LogP contribution in [0.3, 0.4) is 0 Å². The molecule has 14 heavy (non-hydrogen) atoms. The predicted octanol–water partition coefficient (Wildman–Crippen LogP) is 2.29. The molecule has 0 aromatic heterocycles. The average molecular weight is 202 g/mol. The third-order valence-corrected chi connectivity index (χ3v) is 1.08. The number of carbonyl (C=O) groups is 1. The minimum atomic E-state index is -0.284. The molecule has 0 radical (unpaired) electrons. The quantitative estimate of drug-likeness (QED) is 0.432. The van der Waals surface area contributed by atoms with E-state index in [-0.39, 0.29) is 12.1 Å². The summed E-state index contributed by atoms with van der Waals surface area (Å²) < 4.78 is 4.81. The lowest BCUT2D eigenvalue weighted by Gasteiger charge is -2.01. The Balaban J connectivity index is 0. The van der Waals surface area contributed by atoms with Crippen molar-refractivity contribution < 1.29 is 14.6 Å². The number of aliphatic hydroxyl groups is 1. The maximum atomic E-state index is 10.7. The number of carbonyl (C=O) groups excluding carboxylic acids is 1. The highest BCUT2D eigenvalue weighted by atomic mass is 16.5. The van der Waals surface area contributed by atoms with Crippen LogP contribution in [0.5, 0.6) is 0 Å². The molecule has 3 heteroatoms. The second-order valence-electron chi connectivity index (χ2n) is 3.36. The second kappa shape index (κ2) is 10.3. The fraction of sp³-hybridized carbons (Fsp3) is 0.727. The molecule has 0 rings (SSSR count). The van der Waals surface area contributed by atoms with E-state index in [1.807, 2.05) is 0 Å². The lowest BCUT2D eigenvalue weighted by atomic mass is 10.3. The van der Waals surface area contributed by atoms with Crippen LogP contribution in [0.2, 0.25) is 0 Å². The Morgan fingerprint density at radius 2 is 1.93 bits per heavy atom. The molecule has 0 aromatic rings. The third kappa shape index (κ3) is 17.3. The molecule has 84 valence electrons. The van der Waals surface area contributed by atoms with Crippen LogP contribution in [0.15, 0.2) is 12.2 Å². The van der Waals surface area contributed by atoms with Crippen LogP contribution < -0.4 is 0 Å². The first-order chi connectivity index (χ1) is 6.41. The van der Waals surface area contributed by atoms with Crippen LogP contribution in [0, 0.1) is 0 Å². The van der Waals surface area contributed by atoms with Crippen molar-refractivity contribution in [3.05, 3.63) is 12.2 Å². The molecule has 0 aliphatic heterocycles. The molecule has 0 saturated heterocycles. The van der Waals surface area contributed by atoms with Crippen LogP contribution in [0.4, 0.5) is 0 Å². The Kier molecular flexibility index (Phi) is 11.4. The summed E-state index contributed by atoms with van der Waals surface area (Å²) >= 11 is 0. The highest BCUT2D eigenvalue weighted by Crippen LogP contribution is 1.94. The van der Waals surface area contributed by atoms with Gasteiger partial charge in [0.05, 0.1) is 6.61 Å². The number of rotatable bonds is 4. The smallest absolute Gasteiger partial charge is 0.333 e. The van der Waals surface area contributed by atoms with E-state index in [0.717, 1.165) is 12.8 Å².